The Morgan fingerprint density at radius 2 is 2.11 bits per heavy atom. The van der Waals surface area contributed by atoms with Crippen LogP contribution in [0.5, 0.6) is 0 Å². The molecule has 2 rings (SSSR count). The number of aliphatic hydroxyl groups excluding tert-OH is 1. The first-order valence-corrected chi connectivity index (χ1v) is 7.33. The molecule has 3 nitrogen and oxygen atoms in total. The van der Waals surface area contributed by atoms with Crippen molar-refractivity contribution < 1.29 is 5.11 Å². The number of hydrogen-bond donors (Lipinski definition) is 1. The van der Waals surface area contributed by atoms with Gasteiger partial charge in [-0.15, -0.1) is 0 Å². The zero-order valence-electron chi connectivity index (χ0n) is 12.0. The lowest BCUT2D eigenvalue weighted by Crippen LogP contribution is -2.29. The monoisotopic (exact) mass is 262 g/mol. The number of nitrogens with zero attached hydrogens (tertiary/aromatic N) is 2. The highest BCUT2D eigenvalue weighted by Crippen LogP contribution is 2.19. The number of hydrogen-bond acceptors (Lipinski definition) is 3. The Morgan fingerprint density at radius 1 is 1.32 bits per heavy atom. The fourth-order valence-corrected chi connectivity index (χ4v) is 2.92. The molecule has 1 unspecified atom stereocenters. The van der Waals surface area contributed by atoms with Gasteiger partial charge in [-0.05, 0) is 37.9 Å². The Labute approximate surface area is 116 Å². The van der Waals surface area contributed by atoms with E-state index in [2.05, 4.69) is 47.2 Å². The molecule has 1 saturated heterocycles. The summed E-state index contributed by atoms with van der Waals surface area (Å²) in [5, 5.41) is 8.85. The zero-order valence-corrected chi connectivity index (χ0v) is 12.0. The van der Waals surface area contributed by atoms with Crippen molar-refractivity contribution in [2.24, 2.45) is 5.92 Å². The standard InChI is InChI=1S/C16H26N2O/c1-17(9-5-11-19)12-16-8-10-18(14-16)13-15-6-3-2-4-7-15/h2-4,6-7,16,19H,5,8-14H2,1H3. The summed E-state index contributed by atoms with van der Waals surface area (Å²) in [7, 11) is 2.16. The third kappa shape index (κ3) is 4.94. The number of aliphatic hydroxyl groups is 1. The number of rotatable bonds is 7. The first-order chi connectivity index (χ1) is 9.28. The van der Waals surface area contributed by atoms with Crippen LogP contribution in [0.1, 0.15) is 18.4 Å². The van der Waals surface area contributed by atoms with Gasteiger partial charge in [-0.1, -0.05) is 30.3 Å². The van der Waals surface area contributed by atoms with Crippen LogP contribution in [0, 0.1) is 5.92 Å². The molecule has 1 aliphatic heterocycles. The molecule has 1 atom stereocenters. The molecule has 0 aliphatic carbocycles. The van der Waals surface area contributed by atoms with Crippen molar-refractivity contribution in [1.29, 1.82) is 0 Å². The van der Waals surface area contributed by atoms with Crippen molar-refractivity contribution in [2.75, 3.05) is 39.8 Å². The molecule has 1 aromatic rings. The summed E-state index contributed by atoms with van der Waals surface area (Å²) in [6.07, 6.45) is 2.19. The molecule has 0 aromatic heterocycles. The summed E-state index contributed by atoms with van der Waals surface area (Å²) in [6.45, 7) is 5.97. The second-order valence-corrected chi connectivity index (χ2v) is 5.71. The van der Waals surface area contributed by atoms with Crippen molar-refractivity contribution in [3.8, 4) is 0 Å². The van der Waals surface area contributed by atoms with E-state index in [0.29, 0.717) is 6.61 Å². The summed E-state index contributed by atoms with van der Waals surface area (Å²) in [5.41, 5.74) is 1.41. The van der Waals surface area contributed by atoms with Crippen molar-refractivity contribution in [2.45, 2.75) is 19.4 Å². The highest BCUT2D eigenvalue weighted by atomic mass is 16.3. The maximum Gasteiger partial charge on any atom is 0.0443 e. The summed E-state index contributed by atoms with van der Waals surface area (Å²) >= 11 is 0. The highest BCUT2D eigenvalue weighted by molar-refractivity contribution is 5.14. The molecule has 1 fully saturated rings. The normalized spacial score (nSPS) is 20.3. The van der Waals surface area contributed by atoms with Gasteiger partial charge < -0.3 is 10.0 Å². The van der Waals surface area contributed by atoms with Crippen LogP contribution in [0.3, 0.4) is 0 Å². The topological polar surface area (TPSA) is 26.7 Å². The summed E-state index contributed by atoms with van der Waals surface area (Å²) in [6, 6.07) is 10.7. The smallest absolute Gasteiger partial charge is 0.0443 e. The molecular weight excluding hydrogens is 236 g/mol. The molecule has 1 N–H and O–H groups in total. The van der Waals surface area contributed by atoms with Gasteiger partial charge >= 0.3 is 0 Å². The molecule has 3 heteroatoms. The molecule has 1 aliphatic rings. The van der Waals surface area contributed by atoms with E-state index in [1.165, 1.54) is 25.1 Å². The molecule has 0 radical (unpaired) electrons. The van der Waals surface area contributed by atoms with Gasteiger partial charge in [-0.3, -0.25) is 4.90 Å². The Bertz CT molecular complexity index is 355. The van der Waals surface area contributed by atoms with Gasteiger partial charge in [0.1, 0.15) is 0 Å². The third-order valence-electron chi connectivity index (χ3n) is 3.89. The average Bonchev–Trinajstić information content (AvgIpc) is 2.85. The summed E-state index contributed by atoms with van der Waals surface area (Å²) in [4.78, 5) is 4.91. The predicted octanol–water partition coefficient (Wildman–Crippen LogP) is 1.82. The van der Waals surface area contributed by atoms with Crippen molar-refractivity contribution in [3.63, 3.8) is 0 Å². The van der Waals surface area contributed by atoms with Crippen LogP contribution in [-0.4, -0.2) is 54.7 Å². The number of likely N-dealkylation sites (tertiary alicyclic amines) is 1. The van der Waals surface area contributed by atoms with Crippen LogP contribution in [0.15, 0.2) is 30.3 Å². The fourth-order valence-electron chi connectivity index (χ4n) is 2.92. The highest BCUT2D eigenvalue weighted by Gasteiger charge is 2.23. The van der Waals surface area contributed by atoms with Crippen LogP contribution in [0.2, 0.25) is 0 Å². The lowest BCUT2D eigenvalue weighted by atomic mass is 10.1. The minimum atomic E-state index is 0.301. The van der Waals surface area contributed by atoms with Crippen LogP contribution >= 0.6 is 0 Å². The van der Waals surface area contributed by atoms with E-state index in [4.69, 9.17) is 5.11 Å². The van der Waals surface area contributed by atoms with E-state index in [1.54, 1.807) is 0 Å². The summed E-state index contributed by atoms with van der Waals surface area (Å²) in [5.74, 6) is 0.785. The largest absolute Gasteiger partial charge is 0.396 e. The SMILES string of the molecule is CN(CCCO)CC1CCN(Cc2ccccc2)C1. The second kappa shape index (κ2) is 7.63. The molecule has 0 saturated carbocycles. The van der Waals surface area contributed by atoms with Gasteiger partial charge in [0.05, 0.1) is 0 Å². The van der Waals surface area contributed by atoms with Gasteiger partial charge in [0, 0.05) is 32.8 Å². The molecule has 1 heterocycles. The Morgan fingerprint density at radius 3 is 2.84 bits per heavy atom. The maximum absolute atomic E-state index is 8.85. The predicted molar refractivity (Wildman–Crippen MR) is 79.0 cm³/mol. The molecule has 1 aromatic carbocycles. The van der Waals surface area contributed by atoms with Crippen LogP contribution in [-0.2, 0) is 6.54 Å². The molecule has 106 valence electrons. The lowest BCUT2D eigenvalue weighted by Gasteiger charge is -2.21. The van der Waals surface area contributed by atoms with Crippen LogP contribution in [0.4, 0.5) is 0 Å². The number of benzene rings is 1. The van der Waals surface area contributed by atoms with Gasteiger partial charge in [0.2, 0.25) is 0 Å². The zero-order chi connectivity index (χ0) is 13.5. The minimum absolute atomic E-state index is 0.301. The summed E-state index contributed by atoms with van der Waals surface area (Å²) < 4.78 is 0. The Balaban J connectivity index is 1.71. The lowest BCUT2D eigenvalue weighted by molar-refractivity contribution is 0.224. The van der Waals surface area contributed by atoms with E-state index in [1.807, 2.05) is 0 Å². The van der Waals surface area contributed by atoms with E-state index in [9.17, 15) is 0 Å². The van der Waals surface area contributed by atoms with E-state index < -0.39 is 0 Å². The average molecular weight is 262 g/mol. The Kier molecular flexibility index (Phi) is 5.83. The quantitative estimate of drug-likeness (QED) is 0.812. The second-order valence-electron chi connectivity index (χ2n) is 5.71. The molecule has 0 spiro atoms. The Hall–Kier alpha value is -0.900. The van der Waals surface area contributed by atoms with Crippen molar-refractivity contribution in [3.05, 3.63) is 35.9 Å². The van der Waals surface area contributed by atoms with Crippen molar-refractivity contribution >= 4 is 0 Å². The van der Waals surface area contributed by atoms with Gasteiger partial charge in [-0.2, -0.15) is 0 Å². The van der Waals surface area contributed by atoms with E-state index in [0.717, 1.165) is 32.0 Å². The fraction of sp³-hybridized carbons (Fsp3) is 0.625. The van der Waals surface area contributed by atoms with Crippen LogP contribution < -0.4 is 0 Å². The van der Waals surface area contributed by atoms with E-state index in [-0.39, 0.29) is 0 Å². The first-order valence-electron chi connectivity index (χ1n) is 7.33. The minimum Gasteiger partial charge on any atom is -0.396 e. The van der Waals surface area contributed by atoms with Gasteiger partial charge in [-0.25, -0.2) is 0 Å². The van der Waals surface area contributed by atoms with E-state index >= 15 is 0 Å². The molecule has 0 bridgehead atoms. The molecular formula is C16H26N2O. The molecule has 0 amide bonds. The van der Waals surface area contributed by atoms with Gasteiger partial charge in [0.15, 0.2) is 0 Å². The first kappa shape index (κ1) is 14.5. The van der Waals surface area contributed by atoms with Crippen LogP contribution in [0.25, 0.3) is 0 Å². The van der Waals surface area contributed by atoms with Gasteiger partial charge in [0.25, 0.3) is 0 Å². The van der Waals surface area contributed by atoms with Crippen molar-refractivity contribution in [1.82, 2.24) is 9.80 Å². The third-order valence-corrected chi connectivity index (χ3v) is 3.89. The molecule has 19 heavy (non-hydrogen) atoms. The maximum atomic E-state index is 8.85.